The summed E-state index contributed by atoms with van der Waals surface area (Å²) >= 11 is 0. The highest BCUT2D eigenvalue weighted by molar-refractivity contribution is 5.76. The van der Waals surface area contributed by atoms with Gasteiger partial charge in [0, 0.05) is 18.3 Å². The molecule has 4 heteroatoms. The molecule has 3 rings (SSSR count). The lowest BCUT2D eigenvalue weighted by atomic mass is 10.2. The van der Waals surface area contributed by atoms with Crippen molar-refractivity contribution >= 4 is 17.2 Å². The molecule has 0 saturated heterocycles. The van der Waals surface area contributed by atoms with Gasteiger partial charge in [0.05, 0.1) is 11.4 Å². The third-order valence-corrected chi connectivity index (χ3v) is 2.60. The summed E-state index contributed by atoms with van der Waals surface area (Å²) in [5.41, 5.74) is 2.68. The van der Waals surface area contributed by atoms with Gasteiger partial charge in [-0.3, -0.25) is 0 Å². The number of hydrogen-bond donors (Lipinski definition) is 2. The van der Waals surface area contributed by atoms with E-state index in [2.05, 4.69) is 15.6 Å². The fourth-order valence-electron chi connectivity index (χ4n) is 1.79. The van der Waals surface area contributed by atoms with E-state index >= 15 is 0 Å². The highest BCUT2D eigenvalue weighted by Gasteiger charge is 2.12. The van der Waals surface area contributed by atoms with Crippen molar-refractivity contribution in [1.29, 1.82) is 0 Å². The predicted molar refractivity (Wildman–Crippen MR) is 61.2 cm³/mol. The van der Waals surface area contributed by atoms with Crippen molar-refractivity contribution in [3.63, 3.8) is 0 Å². The molecule has 1 aromatic heterocycles. The number of halogens is 1. The molecule has 0 fully saturated rings. The van der Waals surface area contributed by atoms with Gasteiger partial charge in [-0.2, -0.15) is 0 Å². The Morgan fingerprint density at radius 1 is 1.19 bits per heavy atom. The highest BCUT2D eigenvalue weighted by Crippen LogP contribution is 2.30. The number of nitrogens with zero attached hydrogens (tertiary/aromatic N) is 1. The number of fused-ring (bicyclic) bond motifs is 2. The van der Waals surface area contributed by atoms with Crippen LogP contribution in [-0.4, -0.2) is 4.98 Å². The monoisotopic (exact) mass is 215 g/mol. The second kappa shape index (κ2) is 3.48. The quantitative estimate of drug-likeness (QED) is 0.709. The van der Waals surface area contributed by atoms with E-state index in [4.69, 9.17) is 0 Å². The molecule has 2 N–H and O–H groups in total. The zero-order chi connectivity index (χ0) is 11.0. The van der Waals surface area contributed by atoms with Crippen LogP contribution in [0.4, 0.5) is 21.6 Å². The lowest BCUT2D eigenvalue weighted by molar-refractivity contribution is 0.628. The van der Waals surface area contributed by atoms with E-state index in [0.29, 0.717) is 6.54 Å². The molecule has 2 aromatic rings. The average molecular weight is 215 g/mol. The first kappa shape index (κ1) is 9.15. The number of pyridine rings is 1. The normalized spacial score (nSPS) is 12.8. The summed E-state index contributed by atoms with van der Waals surface area (Å²) in [6, 6.07) is 8.51. The molecule has 0 amide bonds. The minimum absolute atomic E-state index is 0.257. The Balaban J connectivity index is 2.10. The topological polar surface area (TPSA) is 37.0 Å². The molecular weight excluding hydrogens is 205 g/mol. The van der Waals surface area contributed by atoms with E-state index in [-0.39, 0.29) is 5.82 Å². The van der Waals surface area contributed by atoms with Crippen molar-refractivity contribution in [2.75, 3.05) is 10.6 Å². The molecule has 0 bridgehead atoms. The number of hydrogen-bond acceptors (Lipinski definition) is 3. The minimum Gasteiger partial charge on any atom is -0.379 e. The molecule has 3 nitrogen and oxygen atoms in total. The lowest BCUT2D eigenvalue weighted by Gasteiger charge is -2.07. The standard InChI is InChI=1S/C12H10FN3/c13-9-3-4-10-11(6-9)16-12-8(7-15-10)2-1-5-14-12/h1-6,15H,7H2,(H,14,16). The van der Waals surface area contributed by atoms with E-state index in [0.717, 1.165) is 22.8 Å². The van der Waals surface area contributed by atoms with Gasteiger partial charge < -0.3 is 10.6 Å². The van der Waals surface area contributed by atoms with Gasteiger partial charge in [-0.15, -0.1) is 0 Å². The summed E-state index contributed by atoms with van der Waals surface area (Å²) in [5, 5.41) is 6.37. The molecule has 0 radical (unpaired) electrons. The molecule has 0 spiro atoms. The summed E-state index contributed by atoms with van der Waals surface area (Å²) in [6.45, 7) is 0.689. The lowest BCUT2D eigenvalue weighted by Crippen LogP contribution is -1.97. The van der Waals surface area contributed by atoms with Gasteiger partial charge in [0.25, 0.3) is 0 Å². The Morgan fingerprint density at radius 2 is 2.12 bits per heavy atom. The summed E-state index contributed by atoms with van der Waals surface area (Å²) in [4.78, 5) is 4.23. The number of rotatable bonds is 0. The van der Waals surface area contributed by atoms with Crippen molar-refractivity contribution < 1.29 is 4.39 Å². The Morgan fingerprint density at radius 3 is 3.06 bits per heavy atom. The molecule has 16 heavy (non-hydrogen) atoms. The Bertz CT molecular complexity index is 540. The van der Waals surface area contributed by atoms with Crippen LogP contribution in [0.15, 0.2) is 36.5 Å². The fraction of sp³-hybridized carbons (Fsp3) is 0.0833. The van der Waals surface area contributed by atoms with Crippen molar-refractivity contribution in [2.45, 2.75) is 6.54 Å². The van der Waals surface area contributed by atoms with E-state index in [9.17, 15) is 4.39 Å². The first-order valence-corrected chi connectivity index (χ1v) is 5.07. The smallest absolute Gasteiger partial charge is 0.135 e. The first-order valence-electron chi connectivity index (χ1n) is 5.07. The van der Waals surface area contributed by atoms with Crippen molar-refractivity contribution in [2.24, 2.45) is 0 Å². The maximum atomic E-state index is 13.1. The molecule has 0 aliphatic carbocycles. The average Bonchev–Trinajstić information content (AvgIpc) is 2.47. The van der Waals surface area contributed by atoms with Gasteiger partial charge in [0.1, 0.15) is 11.6 Å². The number of benzene rings is 1. The Labute approximate surface area is 92.3 Å². The number of anilines is 3. The largest absolute Gasteiger partial charge is 0.379 e. The predicted octanol–water partition coefficient (Wildman–Crippen LogP) is 2.89. The Hall–Kier alpha value is -2.10. The van der Waals surface area contributed by atoms with Crippen LogP contribution in [-0.2, 0) is 6.54 Å². The molecular formula is C12H10FN3. The van der Waals surface area contributed by atoms with Gasteiger partial charge in [0.2, 0.25) is 0 Å². The molecule has 0 atom stereocenters. The SMILES string of the molecule is Fc1ccc2c(c1)Nc1ncccc1CN2. The van der Waals surface area contributed by atoms with Gasteiger partial charge in [-0.25, -0.2) is 9.37 Å². The fourth-order valence-corrected chi connectivity index (χ4v) is 1.79. The zero-order valence-electron chi connectivity index (χ0n) is 8.50. The zero-order valence-corrected chi connectivity index (χ0v) is 8.50. The van der Waals surface area contributed by atoms with Crippen LogP contribution in [0.5, 0.6) is 0 Å². The molecule has 1 aliphatic rings. The van der Waals surface area contributed by atoms with E-state index in [1.54, 1.807) is 12.3 Å². The molecule has 0 saturated carbocycles. The van der Waals surface area contributed by atoms with Crippen LogP contribution in [0.3, 0.4) is 0 Å². The van der Waals surface area contributed by atoms with Crippen LogP contribution in [0, 0.1) is 5.82 Å². The molecule has 0 unspecified atom stereocenters. The van der Waals surface area contributed by atoms with E-state index in [1.807, 2.05) is 12.1 Å². The highest BCUT2D eigenvalue weighted by atomic mass is 19.1. The van der Waals surface area contributed by atoms with Crippen LogP contribution < -0.4 is 10.6 Å². The number of nitrogens with one attached hydrogen (secondary N) is 2. The summed E-state index contributed by atoms with van der Waals surface area (Å²) in [6.07, 6.45) is 1.72. The van der Waals surface area contributed by atoms with Gasteiger partial charge in [-0.05, 0) is 24.3 Å². The maximum absolute atomic E-state index is 13.1. The van der Waals surface area contributed by atoms with Gasteiger partial charge in [-0.1, -0.05) is 6.07 Å². The van der Waals surface area contributed by atoms with Crippen molar-refractivity contribution in [3.05, 3.63) is 47.9 Å². The maximum Gasteiger partial charge on any atom is 0.135 e. The van der Waals surface area contributed by atoms with E-state index in [1.165, 1.54) is 12.1 Å². The Kier molecular flexibility index (Phi) is 1.99. The summed E-state index contributed by atoms with van der Waals surface area (Å²) < 4.78 is 13.1. The van der Waals surface area contributed by atoms with Crippen LogP contribution in [0.25, 0.3) is 0 Å². The third kappa shape index (κ3) is 1.48. The molecule has 1 aliphatic heterocycles. The minimum atomic E-state index is -0.257. The molecule has 1 aromatic carbocycles. The molecule has 2 heterocycles. The van der Waals surface area contributed by atoms with Gasteiger partial charge in [0.15, 0.2) is 0 Å². The number of aromatic nitrogens is 1. The van der Waals surface area contributed by atoms with Crippen LogP contribution in [0.2, 0.25) is 0 Å². The van der Waals surface area contributed by atoms with Gasteiger partial charge >= 0.3 is 0 Å². The van der Waals surface area contributed by atoms with Crippen LogP contribution in [0.1, 0.15) is 5.56 Å². The van der Waals surface area contributed by atoms with Crippen LogP contribution >= 0.6 is 0 Å². The van der Waals surface area contributed by atoms with E-state index < -0.39 is 0 Å². The second-order valence-electron chi connectivity index (χ2n) is 3.68. The molecule has 80 valence electrons. The third-order valence-electron chi connectivity index (χ3n) is 2.60. The van der Waals surface area contributed by atoms with Crippen molar-refractivity contribution in [3.8, 4) is 0 Å². The van der Waals surface area contributed by atoms with Crippen molar-refractivity contribution in [1.82, 2.24) is 4.98 Å². The summed E-state index contributed by atoms with van der Waals surface area (Å²) in [7, 11) is 0. The first-order chi connectivity index (χ1) is 7.83. The second-order valence-corrected chi connectivity index (χ2v) is 3.68. The summed E-state index contributed by atoms with van der Waals surface area (Å²) in [5.74, 6) is 0.520.